The Bertz CT molecular complexity index is 673. The van der Waals surface area contributed by atoms with Gasteiger partial charge in [0.25, 0.3) is 0 Å². The summed E-state index contributed by atoms with van der Waals surface area (Å²) >= 11 is 0. The van der Waals surface area contributed by atoms with Gasteiger partial charge in [0.1, 0.15) is 5.75 Å². The van der Waals surface area contributed by atoms with Crippen molar-refractivity contribution in [3.05, 3.63) is 28.8 Å². The van der Waals surface area contributed by atoms with E-state index in [4.69, 9.17) is 19.3 Å². The average molecular weight is 364 g/mol. The van der Waals surface area contributed by atoms with E-state index in [1.54, 1.807) is 0 Å². The second-order valence-corrected chi connectivity index (χ2v) is 7.46. The maximum Gasteiger partial charge on any atom is 0.312 e. The molecule has 1 aromatic carbocycles. The van der Waals surface area contributed by atoms with Gasteiger partial charge in [-0.15, -0.1) is 0 Å². The van der Waals surface area contributed by atoms with Gasteiger partial charge in [-0.3, -0.25) is 9.59 Å². The number of carbonyl (C=O) groups is 2. The number of esters is 2. The maximum absolute atomic E-state index is 12.7. The fraction of sp³-hybridized carbons (Fsp3) is 0.600. The van der Waals surface area contributed by atoms with Crippen LogP contribution in [0.25, 0.3) is 0 Å². The normalized spacial score (nSPS) is 18.5. The lowest BCUT2D eigenvalue weighted by molar-refractivity contribution is -0.161. The third-order valence-electron chi connectivity index (χ3n) is 5.02. The van der Waals surface area contributed by atoms with Crippen LogP contribution in [0.4, 0.5) is 0 Å². The minimum absolute atomic E-state index is 0.0325. The molecule has 0 aromatic heterocycles. The third-order valence-corrected chi connectivity index (χ3v) is 5.02. The van der Waals surface area contributed by atoms with Gasteiger partial charge in [-0.25, -0.2) is 0 Å². The van der Waals surface area contributed by atoms with E-state index in [1.165, 1.54) is 6.92 Å². The summed E-state index contributed by atoms with van der Waals surface area (Å²) in [5, 5.41) is 9.09. The lowest BCUT2D eigenvalue weighted by atomic mass is 9.66. The number of aliphatic hydroxyl groups is 1. The van der Waals surface area contributed by atoms with Crippen molar-refractivity contribution >= 4 is 11.9 Å². The quantitative estimate of drug-likeness (QED) is 0.475. The van der Waals surface area contributed by atoms with Crippen molar-refractivity contribution in [2.75, 3.05) is 20.0 Å². The monoisotopic (exact) mass is 364 g/mol. The van der Waals surface area contributed by atoms with Gasteiger partial charge in [-0.05, 0) is 43.4 Å². The fourth-order valence-corrected chi connectivity index (χ4v) is 4.19. The Morgan fingerprint density at radius 1 is 1.35 bits per heavy atom. The minimum atomic E-state index is -0.687. The van der Waals surface area contributed by atoms with Gasteiger partial charge in [-0.2, -0.15) is 0 Å². The molecule has 0 spiro atoms. The van der Waals surface area contributed by atoms with Crippen LogP contribution in [0.5, 0.6) is 5.75 Å². The highest BCUT2D eigenvalue weighted by atomic mass is 16.6. The van der Waals surface area contributed by atoms with Gasteiger partial charge in [0.2, 0.25) is 0 Å². The highest BCUT2D eigenvalue weighted by Crippen LogP contribution is 2.45. The summed E-state index contributed by atoms with van der Waals surface area (Å²) in [5.41, 5.74) is 2.02. The molecule has 144 valence electrons. The Kier molecular flexibility index (Phi) is 6.42. The molecule has 0 aliphatic carbocycles. The molecule has 2 rings (SSSR count). The van der Waals surface area contributed by atoms with Crippen LogP contribution in [0.15, 0.2) is 12.1 Å². The van der Waals surface area contributed by atoms with Crippen LogP contribution in [0.2, 0.25) is 0 Å². The average Bonchev–Trinajstić information content (AvgIpc) is 2.99. The number of carbonyl (C=O) groups excluding carboxylic acids is 2. The number of rotatable bonds is 6. The van der Waals surface area contributed by atoms with E-state index < -0.39 is 30.1 Å². The standard InChI is InChI=1S/C20H28O6/c1-12-8-13(2)17(16(9-12)26-14(3)22)20(4,5)18(19(23)25-11-21)15-6-7-24-10-15/h8-9,15,18,21H,6-7,10-11H2,1-5H3. The number of benzene rings is 1. The molecule has 2 atom stereocenters. The van der Waals surface area contributed by atoms with E-state index in [2.05, 4.69) is 0 Å². The smallest absolute Gasteiger partial charge is 0.312 e. The second kappa shape index (κ2) is 8.18. The molecule has 1 N–H and O–H groups in total. The van der Waals surface area contributed by atoms with Gasteiger partial charge < -0.3 is 19.3 Å². The van der Waals surface area contributed by atoms with Crippen LogP contribution in [0.1, 0.15) is 43.9 Å². The molecule has 1 aliphatic heterocycles. The molecule has 2 unspecified atom stereocenters. The highest BCUT2D eigenvalue weighted by Gasteiger charge is 2.46. The van der Waals surface area contributed by atoms with Crippen LogP contribution in [-0.4, -0.2) is 37.1 Å². The van der Waals surface area contributed by atoms with Crippen molar-refractivity contribution < 1.29 is 28.9 Å². The number of hydrogen-bond acceptors (Lipinski definition) is 6. The van der Waals surface area contributed by atoms with Crippen LogP contribution >= 0.6 is 0 Å². The molecule has 1 saturated heterocycles. The molecule has 1 heterocycles. The zero-order chi connectivity index (χ0) is 19.5. The first-order valence-corrected chi connectivity index (χ1v) is 8.83. The highest BCUT2D eigenvalue weighted by molar-refractivity contribution is 5.76. The van der Waals surface area contributed by atoms with Crippen LogP contribution in [-0.2, 0) is 24.5 Å². The van der Waals surface area contributed by atoms with E-state index in [0.29, 0.717) is 19.0 Å². The van der Waals surface area contributed by atoms with Crippen LogP contribution in [0, 0.1) is 25.7 Å². The number of hydrogen-bond donors (Lipinski definition) is 1. The second-order valence-electron chi connectivity index (χ2n) is 7.46. The van der Waals surface area contributed by atoms with E-state index in [9.17, 15) is 9.59 Å². The first kappa shape index (κ1) is 20.4. The van der Waals surface area contributed by atoms with E-state index >= 15 is 0 Å². The Balaban J connectivity index is 2.57. The molecule has 6 heteroatoms. The molecule has 0 saturated carbocycles. The molecule has 0 bridgehead atoms. The van der Waals surface area contributed by atoms with Crippen molar-refractivity contribution in [3.63, 3.8) is 0 Å². The molecule has 6 nitrogen and oxygen atoms in total. The predicted octanol–water partition coefficient (Wildman–Crippen LogP) is 2.65. The van der Waals surface area contributed by atoms with Crippen molar-refractivity contribution in [3.8, 4) is 5.75 Å². The number of aliphatic hydroxyl groups excluding tert-OH is 1. The maximum atomic E-state index is 12.7. The molecule has 1 aromatic rings. The lowest BCUT2D eigenvalue weighted by Gasteiger charge is -2.38. The van der Waals surface area contributed by atoms with Crippen LogP contribution in [0.3, 0.4) is 0 Å². The molecule has 1 aliphatic rings. The van der Waals surface area contributed by atoms with Crippen LogP contribution < -0.4 is 4.74 Å². The van der Waals surface area contributed by atoms with Crippen molar-refractivity contribution in [2.24, 2.45) is 11.8 Å². The minimum Gasteiger partial charge on any atom is -0.438 e. The Morgan fingerprint density at radius 2 is 2.04 bits per heavy atom. The zero-order valence-electron chi connectivity index (χ0n) is 16.1. The Morgan fingerprint density at radius 3 is 2.58 bits per heavy atom. The molecule has 0 radical (unpaired) electrons. The Labute approximate surface area is 154 Å². The largest absolute Gasteiger partial charge is 0.438 e. The van der Waals surface area contributed by atoms with E-state index in [0.717, 1.165) is 23.1 Å². The number of ether oxygens (including phenoxy) is 3. The van der Waals surface area contributed by atoms with Gasteiger partial charge in [-0.1, -0.05) is 19.9 Å². The summed E-state index contributed by atoms with van der Waals surface area (Å²) in [6.07, 6.45) is 0.739. The Hall–Kier alpha value is -1.92. The lowest BCUT2D eigenvalue weighted by Crippen LogP contribution is -2.42. The third kappa shape index (κ3) is 4.24. The van der Waals surface area contributed by atoms with Gasteiger partial charge in [0.05, 0.1) is 12.5 Å². The molecule has 26 heavy (non-hydrogen) atoms. The zero-order valence-corrected chi connectivity index (χ0v) is 16.1. The first-order valence-electron chi connectivity index (χ1n) is 8.83. The molecular weight excluding hydrogens is 336 g/mol. The first-order chi connectivity index (χ1) is 12.2. The summed E-state index contributed by atoms with van der Waals surface area (Å²) in [5.74, 6) is -0.990. The number of aryl methyl sites for hydroxylation is 2. The fourth-order valence-electron chi connectivity index (χ4n) is 4.19. The van der Waals surface area contributed by atoms with Crippen molar-refractivity contribution in [2.45, 2.75) is 46.5 Å². The molecule has 1 fully saturated rings. The van der Waals surface area contributed by atoms with Crippen molar-refractivity contribution in [1.82, 2.24) is 0 Å². The van der Waals surface area contributed by atoms with Crippen molar-refractivity contribution in [1.29, 1.82) is 0 Å². The summed E-state index contributed by atoms with van der Waals surface area (Å²) in [6.45, 7) is 9.50. The summed E-state index contributed by atoms with van der Waals surface area (Å²) in [7, 11) is 0. The molecule has 0 amide bonds. The SMILES string of the molecule is CC(=O)Oc1cc(C)cc(C)c1C(C)(C)C(C(=O)OCO)C1CCOC1. The molecular formula is C20H28O6. The van der Waals surface area contributed by atoms with Gasteiger partial charge >= 0.3 is 11.9 Å². The summed E-state index contributed by atoms with van der Waals surface area (Å²) in [4.78, 5) is 24.3. The topological polar surface area (TPSA) is 82.1 Å². The summed E-state index contributed by atoms with van der Waals surface area (Å²) in [6, 6.07) is 3.81. The predicted molar refractivity (Wildman–Crippen MR) is 95.8 cm³/mol. The van der Waals surface area contributed by atoms with E-state index in [1.807, 2.05) is 39.8 Å². The van der Waals surface area contributed by atoms with E-state index in [-0.39, 0.29) is 5.92 Å². The van der Waals surface area contributed by atoms with Gasteiger partial charge in [0.15, 0.2) is 6.79 Å². The van der Waals surface area contributed by atoms with Gasteiger partial charge in [0, 0.05) is 24.5 Å². The summed E-state index contributed by atoms with van der Waals surface area (Å²) < 4.78 is 15.9.